The topological polar surface area (TPSA) is 51.7 Å². The minimum Gasteiger partial charge on any atom is -0.376 e. The first-order chi connectivity index (χ1) is 10.3. The van der Waals surface area contributed by atoms with Gasteiger partial charge in [-0.05, 0) is 43.4 Å². The second-order valence-electron chi connectivity index (χ2n) is 5.76. The summed E-state index contributed by atoms with van der Waals surface area (Å²) < 4.78 is 11.0. The summed E-state index contributed by atoms with van der Waals surface area (Å²) in [5.74, 6) is 0.0762. The van der Waals surface area contributed by atoms with Crippen molar-refractivity contribution in [2.45, 2.75) is 44.4 Å². The fourth-order valence-corrected chi connectivity index (χ4v) is 2.63. The SMILES string of the molecule is O=C(COCC1CCCO1)N(Cc1ccncc1)C1CC1. The fourth-order valence-electron chi connectivity index (χ4n) is 2.63. The van der Waals surface area contributed by atoms with Gasteiger partial charge in [-0.2, -0.15) is 0 Å². The summed E-state index contributed by atoms with van der Waals surface area (Å²) in [7, 11) is 0. The molecule has 5 nitrogen and oxygen atoms in total. The molecule has 1 aromatic heterocycles. The van der Waals surface area contributed by atoms with Crippen molar-refractivity contribution in [2.75, 3.05) is 19.8 Å². The summed E-state index contributed by atoms with van der Waals surface area (Å²) in [5, 5.41) is 0. The lowest BCUT2D eigenvalue weighted by molar-refractivity contribution is -0.138. The average Bonchev–Trinajstić information content (AvgIpc) is 3.22. The normalized spacial score (nSPS) is 21.4. The molecule has 1 atom stereocenters. The van der Waals surface area contributed by atoms with Gasteiger partial charge in [0.25, 0.3) is 0 Å². The molecule has 1 unspecified atom stereocenters. The van der Waals surface area contributed by atoms with Crippen LogP contribution in [-0.2, 0) is 20.8 Å². The quantitative estimate of drug-likeness (QED) is 0.768. The smallest absolute Gasteiger partial charge is 0.249 e. The Morgan fingerprint density at radius 2 is 2.14 bits per heavy atom. The minimum atomic E-state index is 0.0762. The number of rotatable bonds is 7. The zero-order chi connectivity index (χ0) is 14.5. The minimum absolute atomic E-state index is 0.0762. The molecule has 0 bridgehead atoms. The van der Waals surface area contributed by atoms with Gasteiger partial charge in [0.15, 0.2) is 0 Å². The highest BCUT2D eigenvalue weighted by Crippen LogP contribution is 2.28. The molecular weight excluding hydrogens is 268 g/mol. The molecule has 2 aliphatic rings. The van der Waals surface area contributed by atoms with Gasteiger partial charge < -0.3 is 14.4 Å². The van der Waals surface area contributed by atoms with E-state index in [4.69, 9.17) is 9.47 Å². The van der Waals surface area contributed by atoms with Gasteiger partial charge >= 0.3 is 0 Å². The molecule has 1 aromatic rings. The van der Waals surface area contributed by atoms with Crippen LogP contribution >= 0.6 is 0 Å². The third-order valence-corrected chi connectivity index (χ3v) is 3.96. The Balaban J connectivity index is 1.47. The van der Waals surface area contributed by atoms with Crippen molar-refractivity contribution in [3.8, 4) is 0 Å². The maximum absolute atomic E-state index is 12.3. The van der Waals surface area contributed by atoms with Crippen LogP contribution in [0.1, 0.15) is 31.2 Å². The van der Waals surface area contributed by atoms with Gasteiger partial charge in [-0.3, -0.25) is 9.78 Å². The molecule has 21 heavy (non-hydrogen) atoms. The van der Waals surface area contributed by atoms with Gasteiger partial charge in [-0.15, -0.1) is 0 Å². The van der Waals surface area contributed by atoms with Crippen molar-refractivity contribution in [3.05, 3.63) is 30.1 Å². The highest BCUT2D eigenvalue weighted by atomic mass is 16.5. The summed E-state index contributed by atoms with van der Waals surface area (Å²) in [5.41, 5.74) is 1.12. The van der Waals surface area contributed by atoms with Gasteiger partial charge in [0.05, 0.1) is 12.7 Å². The molecule has 0 N–H and O–H groups in total. The summed E-state index contributed by atoms with van der Waals surface area (Å²) in [4.78, 5) is 18.3. The van der Waals surface area contributed by atoms with Crippen LogP contribution in [0.25, 0.3) is 0 Å². The molecule has 3 rings (SSSR count). The van der Waals surface area contributed by atoms with Crippen molar-refractivity contribution in [1.82, 2.24) is 9.88 Å². The van der Waals surface area contributed by atoms with E-state index in [1.807, 2.05) is 17.0 Å². The Morgan fingerprint density at radius 1 is 1.33 bits per heavy atom. The highest BCUT2D eigenvalue weighted by molar-refractivity contribution is 5.78. The predicted octanol–water partition coefficient (Wildman–Crippen LogP) is 1.77. The number of nitrogens with zero attached hydrogens (tertiary/aromatic N) is 2. The van der Waals surface area contributed by atoms with E-state index >= 15 is 0 Å². The van der Waals surface area contributed by atoms with Crippen molar-refractivity contribution in [3.63, 3.8) is 0 Å². The van der Waals surface area contributed by atoms with Crippen molar-refractivity contribution in [1.29, 1.82) is 0 Å². The largest absolute Gasteiger partial charge is 0.376 e. The van der Waals surface area contributed by atoms with Crippen LogP contribution in [0.3, 0.4) is 0 Å². The monoisotopic (exact) mass is 290 g/mol. The predicted molar refractivity (Wildman–Crippen MR) is 77.6 cm³/mol. The number of hydrogen-bond acceptors (Lipinski definition) is 4. The molecule has 2 fully saturated rings. The maximum atomic E-state index is 12.3. The van der Waals surface area contributed by atoms with Gasteiger partial charge in [-0.25, -0.2) is 0 Å². The molecule has 1 saturated carbocycles. The number of amides is 1. The molecule has 0 aromatic carbocycles. The van der Waals surface area contributed by atoms with E-state index in [9.17, 15) is 4.79 Å². The molecule has 114 valence electrons. The first-order valence-corrected chi connectivity index (χ1v) is 7.70. The third kappa shape index (κ3) is 4.25. The maximum Gasteiger partial charge on any atom is 0.249 e. The van der Waals surface area contributed by atoms with Gasteiger partial charge in [0, 0.05) is 31.6 Å². The van der Waals surface area contributed by atoms with Gasteiger partial charge in [0.1, 0.15) is 6.61 Å². The second-order valence-corrected chi connectivity index (χ2v) is 5.76. The number of aromatic nitrogens is 1. The number of carbonyl (C=O) groups excluding carboxylic acids is 1. The van der Waals surface area contributed by atoms with Crippen LogP contribution in [0.2, 0.25) is 0 Å². The van der Waals surface area contributed by atoms with Crippen LogP contribution in [0.15, 0.2) is 24.5 Å². The van der Waals surface area contributed by atoms with Crippen LogP contribution in [0, 0.1) is 0 Å². The Bertz CT molecular complexity index is 456. The number of ether oxygens (including phenoxy) is 2. The molecule has 0 radical (unpaired) electrons. The van der Waals surface area contributed by atoms with E-state index in [2.05, 4.69) is 4.98 Å². The van der Waals surface area contributed by atoms with Crippen molar-refractivity contribution in [2.24, 2.45) is 0 Å². The Kier molecular flexibility index (Phi) is 4.83. The molecule has 2 heterocycles. The summed E-state index contributed by atoms with van der Waals surface area (Å²) in [6.45, 7) is 2.15. The Labute approximate surface area is 125 Å². The zero-order valence-electron chi connectivity index (χ0n) is 12.2. The zero-order valence-corrected chi connectivity index (χ0v) is 12.2. The lowest BCUT2D eigenvalue weighted by atomic mass is 10.2. The highest BCUT2D eigenvalue weighted by Gasteiger charge is 2.32. The summed E-state index contributed by atoms with van der Waals surface area (Å²) in [6, 6.07) is 4.29. The standard InChI is InChI=1S/C16H22N2O3/c19-16(12-20-11-15-2-1-9-21-15)18(14-3-4-14)10-13-5-7-17-8-6-13/h5-8,14-15H,1-4,9-12H2. The number of pyridine rings is 1. The average molecular weight is 290 g/mol. The van der Waals surface area contributed by atoms with Crippen LogP contribution in [-0.4, -0.2) is 47.8 Å². The second kappa shape index (κ2) is 7.00. The fraction of sp³-hybridized carbons (Fsp3) is 0.625. The lowest BCUT2D eigenvalue weighted by Crippen LogP contribution is -2.36. The van der Waals surface area contributed by atoms with Crippen molar-refractivity contribution < 1.29 is 14.3 Å². The van der Waals surface area contributed by atoms with Crippen molar-refractivity contribution >= 4 is 5.91 Å². The first kappa shape index (κ1) is 14.5. The van der Waals surface area contributed by atoms with E-state index < -0.39 is 0 Å². The van der Waals surface area contributed by atoms with E-state index in [1.165, 1.54) is 0 Å². The van der Waals surface area contributed by atoms with Crippen LogP contribution in [0.4, 0.5) is 0 Å². The van der Waals surface area contributed by atoms with Crippen LogP contribution in [0.5, 0.6) is 0 Å². The molecule has 1 amide bonds. The molecule has 5 heteroatoms. The van der Waals surface area contributed by atoms with E-state index in [1.54, 1.807) is 12.4 Å². The molecule has 1 aliphatic heterocycles. The lowest BCUT2D eigenvalue weighted by Gasteiger charge is -2.23. The molecule has 1 saturated heterocycles. The van der Waals surface area contributed by atoms with E-state index in [-0.39, 0.29) is 18.6 Å². The van der Waals surface area contributed by atoms with E-state index in [0.29, 0.717) is 19.2 Å². The molecule has 1 aliphatic carbocycles. The Hall–Kier alpha value is -1.46. The first-order valence-electron chi connectivity index (χ1n) is 7.70. The van der Waals surface area contributed by atoms with E-state index in [0.717, 1.165) is 37.9 Å². The summed E-state index contributed by atoms with van der Waals surface area (Å²) in [6.07, 6.45) is 8.03. The number of carbonyl (C=O) groups is 1. The number of hydrogen-bond donors (Lipinski definition) is 0. The van der Waals surface area contributed by atoms with Crippen LogP contribution < -0.4 is 0 Å². The third-order valence-electron chi connectivity index (χ3n) is 3.96. The van der Waals surface area contributed by atoms with Gasteiger partial charge in [-0.1, -0.05) is 0 Å². The molecular formula is C16H22N2O3. The van der Waals surface area contributed by atoms with Gasteiger partial charge in [0.2, 0.25) is 5.91 Å². The molecule has 0 spiro atoms. The summed E-state index contributed by atoms with van der Waals surface area (Å²) >= 11 is 0. The Morgan fingerprint density at radius 3 is 2.81 bits per heavy atom.